The van der Waals surface area contributed by atoms with Gasteiger partial charge >= 0.3 is 0 Å². The molecule has 1 atom stereocenters. The molecule has 180 valence electrons. The van der Waals surface area contributed by atoms with E-state index in [1.54, 1.807) is 0 Å². The van der Waals surface area contributed by atoms with E-state index in [1.165, 1.54) is 45.9 Å². The second-order valence-electron chi connectivity index (χ2n) is 9.52. The van der Waals surface area contributed by atoms with Gasteiger partial charge in [-0.3, -0.25) is 5.01 Å². The van der Waals surface area contributed by atoms with Gasteiger partial charge in [-0.05, 0) is 66.4 Å². The summed E-state index contributed by atoms with van der Waals surface area (Å²) in [5.74, 6) is 0. The van der Waals surface area contributed by atoms with Crippen LogP contribution in [0.5, 0.6) is 0 Å². The van der Waals surface area contributed by atoms with Crippen molar-refractivity contribution in [3.63, 3.8) is 0 Å². The van der Waals surface area contributed by atoms with Crippen LogP contribution in [0.4, 0.5) is 5.69 Å². The molecule has 1 aromatic heterocycles. The van der Waals surface area contributed by atoms with Crippen LogP contribution in [0, 0.1) is 0 Å². The van der Waals surface area contributed by atoms with Gasteiger partial charge in [-0.2, -0.15) is 5.10 Å². The zero-order chi connectivity index (χ0) is 24.3. The molecule has 6 rings (SSSR count). The van der Waals surface area contributed by atoms with E-state index < -0.39 is 0 Å². The maximum absolute atomic E-state index is 5.47. The van der Waals surface area contributed by atoms with Crippen molar-refractivity contribution in [2.45, 2.75) is 32.3 Å². The molecule has 1 fully saturated rings. The lowest BCUT2D eigenvalue weighted by Gasteiger charge is -2.17. The van der Waals surface area contributed by atoms with Gasteiger partial charge in [0.05, 0.1) is 36.1 Å². The molecule has 1 unspecified atom stereocenters. The van der Waals surface area contributed by atoms with Crippen molar-refractivity contribution in [2.24, 2.45) is 5.10 Å². The van der Waals surface area contributed by atoms with Crippen LogP contribution in [0.3, 0.4) is 0 Å². The zero-order valence-electron chi connectivity index (χ0n) is 20.7. The molecule has 4 heteroatoms. The van der Waals surface area contributed by atoms with Gasteiger partial charge in [0.15, 0.2) is 0 Å². The first-order valence-electron chi connectivity index (χ1n) is 12.9. The van der Waals surface area contributed by atoms with Crippen molar-refractivity contribution in [3.8, 4) is 5.69 Å². The normalized spacial score (nSPS) is 15.2. The van der Waals surface area contributed by atoms with Crippen LogP contribution in [-0.2, 0) is 11.2 Å². The van der Waals surface area contributed by atoms with E-state index in [-0.39, 0.29) is 6.10 Å². The van der Waals surface area contributed by atoms with Gasteiger partial charge in [0.1, 0.15) is 6.10 Å². The number of aromatic nitrogens is 1. The molecule has 4 nitrogen and oxygen atoms in total. The van der Waals surface area contributed by atoms with Crippen LogP contribution in [-0.4, -0.2) is 30.0 Å². The monoisotopic (exact) mass is 473 g/mol. The van der Waals surface area contributed by atoms with E-state index in [2.05, 4.69) is 90.4 Å². The molecule has 0 amide bonds. The largest absolute Gasteiger partial charge is 0.371 e. The fraction of sp³-hybridized carbons (Fsp3) is 0.219. The molecule has 0 bridgehead atoms. The first kappa shape index (κ1) is 22.6. The van der Waals surface area contributed by atoms with Crippen molar-refractivity contribution in [1.82, 2.24) is 4.57 Å². The Morgan fingerprint density at radius 3 is 2.42 bits per heavy atom. The predicted molar refractivity (Wildman–Crippen MR) is 151 cm³/mol. The smallest absolute Gasteiger partial charge is 0.101 e. The maximum Gasteiger partial charge on any atom is 0.101 e. The number of unbranched alkanes of at least 4 members (excludes halogenated alkanes) is 1. The Balaban J connectivity index is 1.37. The average Bonchev–Trinajstić information content (AvgIpc) is 3.70. The Morgan fingerprint density at radius 2 is 1.64 bits per heavy atom. The van der Waals surface area contributed by atoms with Crippen LogP contribution in [0.25, 0.3) is 27.5 Å². The Morgan fingerprint density at radius 1 is 0.889 bits per heavy atom. The molecule has 0 radical (unpaired) electrons. The third-order valence-corrected chi connectivity index (χ3v) is 6.89. The first-order chi connectivity index (χ1) is 17.8. The van der Waals surface area contributed by atoms with Crippen molar-refractivity contribution < 1.29 is 4.74 Å². The molecule has 2 heterocycles. The summed E-state index contributed by atoms with van der Waals surface area (Å²) >= 11 is 0. The molecular formula is C32H31N3O. The van der Waals surface area contributed by atoms with Crippen LogP contribution >= 0.6 is 0 Å². The summed E-state index contributed by atoms with van der Waals surface area (Å²) < 4.78 is 7.84. The summed E-state index contributed by atoms with van der Waals surface area (Å²) in [6.07, 6.45) is 5.81. The fourth-order valence-electron chi connectivity index (χ4n) is 4.86. The predicted octanol–water partition coefficient (Wildman–Crippen LogP) is 7.37. The molecule has 0 saturated carbocycles. The molecule has 1 aliphatic rings. The number of ether oxygens (including phenoxy) is 1. The average molecular weight is 474 g/mol. The Kier molecular flexibility index (Phi) is 6.27. The minimum Gasteiger partial charge on any atom is -0.371 e. The summed E-state index contributed by atoms with van der Waals surface area (Å²) in [5.41, 5.74) is 7.19. The molecule has 4 aromatic carbocycles. The fourth-order valence-corrected chi connectivity index (χ4v) is 4.86. The highest BCUT2D eigenvalue weighted by molar-refractivity contribution is 6.10. The highest BCUT2D eigenvalue weighted by Crippen LogP contribution is 2.32. The molecule has 0 N–H and O–H groups in total. The summed E-state index contributed by atoms with van der Waals surface area (Å²) in [6.45, 7) is 3.81. The summed E-state index contributed by atoms with van der Waals surface area (Å²) in [5, 5.41) is 9.38. The highest BCUT2D eigenvalue weighted by Gasteiger charge is 2.25. The van der Waals surface area contributed by atoms with Gasteiger partial charge in [0, 0.05) is 16.5 Å². The number of aryl methyl sites for hydroxylation is 1. The number of rotatable bonds is 9. The number of nitrogens with zero attached hydrogens (tertiary/aromatic N) is 3. The number of anilines is 1. The lowest BCUT2D eigenvalue weighted by molar-refractivity contribution is 0.408. The van der Waals surface area contributed by atoms with Gasteiger partial charge in [-0.1, -0.05) is 67.9 Å². The summed E-state index contributed by atoms with van der Waals surface area (Å²) in [7, 11) is 0. The van der Waals surface area contributed by atoms with E-state index in [0.717, 1.165) is 30.8 Å². The highest BCUT2D eigenvalue weighted by atomic mass is 16.6. The Labute approximate surface area is 212 Å². The number of hydrazone groups is 1. The standard InChI is InChI=1S/C32H31N3O/c1-2-3-9-24-14-17-27(18-15-24)35-31-13-8-7-12-29(31)30-20-25(16-19-32(30)35)21-33-34(22-28-23-36-28)26-10-5-4-6-11-26/h4-8,10-21,28H,2-3,9,22-23H2,1H3/b33-21+. The first-order valence-corrected chi connectivity index (χ1v) is 12.9. The van der Waals surface area contributed by atoms with Crippen molar-refractivity contribution in [1.29, 1.82) is 0 Å². The van der Waals surface area contributed by atoms with Crippen molar-refractivity contribution in [3.05, 3.63) is 108 Å². The lowest BCUT2D eigenvalue weighted by atomic mass is 10.1. The number of epoxide rings is 1. The van der Waals surface area contributed by atoms with Gasteiger partial charge in [0.25, 0.3) is 0 Å². The second-order valence-corrected chi connectivity index (χ2v) is 9.52. The number of fused-ring (bicyclic) bond motifs is 3. The number of hydrogen-bond acceptors (Lipinski definition) is 3. The number of hydrogen-bond donors (Lipinski definition) is 0. The van der Waals surface area contributed by atoms with Gasteiger partial charge < -0.3 is 9.30 Å². The summed E-state index contributed by atoms with van der Waals surface area (Å²) in [6, 6.07) is 34.6. The van der Waals surface area contributed by atoms with Crippen LogP contribution in [0.1, 0.15) is 30.9 Å². The van der Waals surface area contributed by atoms with Gasteiger partial charge in [0.2, 0.25) is 0 Å². The second kappa shape index (κ2) is 10.00. The molecule has 0 aliphatic carbocycles. The SMILES string of the molecule is CCCCc1ccc(-n2c3ccccc3c3cc(/C=N/N(CC4CO4)c4ccccc4)ccc32)cc1. The Bertz CT molecular complexity index is 1500. The third-order valence-electron chi connectivity index (χ3n) is 6.89. The minimum atomic E-state index is 0.260. The molecule has 1 saturated heterocycles. The van der Waals surface area contributed by atoms with Gasteiger partial charge in [-0.25, -0.2) is 0 Å². The topological polar surface area (TPSA) is 33.1 Å². The maximum atomic E-state index is 5.47. The minimum absolute atomic E-state index is 0.260. The Hall–Kier alpha value is -3.89. The number of para-hydroxylation sites is 2. The lowest BCUT2D eigenvalue weighted by Crippen LogP contribution is -2.22. The molecule has 5 aromatic rings. The molecule has 1 aliphatic heterocycles. The van der Waals surface area contributed by atoms with Gasteiger partial charge in [-0.15, -0.1) is 0 Å². The van der Waals surface area contributed by atoms with Crippen molar-refractivity contribution >= 4 is 33.7 Å². The quantitative estimate of drug-likeness (QED) is 0.127. The van der Waals surface area contributed by atoms with Crippen LogP contribution < -0.4 is 5.01 Å². The molecule has 36 heavy (non-hydrogen) atoms. The zero-order valence-corrected chi connectivity index (χ0v) is 20.7. The van der Waals surface area contributed by atoms with Crippen LogP contribution in [0.15, 0.2) is 102 Å². The number of benzene rings is 4. The molecule has 0 spiro atoms. The van der Waals surface area contributed by atoms with Crippen molar-refractivity contribution in [2.75, 3.05) is 18.2 Å². The van der Waals surface area contributed by atoms with Crippen LogP contribution in [0.2, 0.25) is 0 Å². The van der Waals surface area contributed by atoms with E-state index >= 15 is 0 Å². The molecular weight excluding hydrogens is 442 g/mol. The van der Waals surface area contributed by atoms with E-state index in [0.29, 0.717) is 0 Å². The van der Waals surface area contributed by atoms with E-state index in [1.807, 2.05) is 29.4 Å². The third kappa shape index (κ3) is 4.65. The van der Waals surface area contributed by atoms with E-state index in [4.69, 9.17) is 9.84 Å². The summed E-state index contributed by atoms with van der Waals surface area (Å²) in [4.78, 5) is 0. The van der Waals surface area contributed by atoms with E-state index in [9.17, 15) is 0 Å².